The lowest BCUT2D eigenvalue weighted by molar-refractivity contribution is -0.126. The van der Waals surface area contributed by atoms with Gasteiger partial charge in [-0.25, -0.2) is 0 Å². The average Bonchev–Trinajstić information content (AvgIpc) is 3.02. The summed E-state index contributed by atoms with van der Waals surface area (Å²) >= 11 is 0. The van der Waals surface area contributed by atoms with Gasteiger partial charge in [-0.3, -0.25) is 0 Å². The standard InChI is InChI=1S/C23H40.2C2H6/c1-6-16-8-10-19-18-9-7-17-15-21(2,3)13-14-23(17,5)20(18)11-12-22(16,19)4;2*1-2/h16-20H,6-15H2,1-5H3;2*1-2H3. The van der Waals surface area contributed by atoms with Gasteiger partial charge in [-0.05, 0) is 104 Å². The van der Waals surface area contributed by atoms with Crippen molar-refractivity contribution >= 4 is 0 Å². The summed E-state index contributed by atoms with van der Waals surface area (Å²) < 4.78 is 0. The Kier molecular flexibility index (Phi) is 7.58. The number of fused-ring (bicyclic) bond motifs is 5. The highest BCUT2D eigenvalue weighted by molar-refractivity contribution is 5.09. The first-order valence-electron chi connectivity index (χ1n) is 12.8. The molecule has 0 aromatic carbocycles. The molecule has 4 rings (SSSR count). The maximum Gasteiger partial charge on any atom is -0.0266 e. The van der Waals surface area contributed by atoms with Crippen LogP contribution in [0.3, 0.4) is 0 Å². The molecule has 0 heteroatoms. The molecule has 0 N–H and O–H groups in total. The molecule has 4 aliphatic carbocycles. The van der Waals surface area contributed by atoms with Gasteiger partial charge in [-0.2, -0.15) is 0 Å². The maximum absolute atomic E-state index is 2.72. The number of hydrogen-bond acceptors (Lipinski definition) is 0. The minimum Gasteiger partial charge on any atom is -0.0683 e. The quantitative estimate of drug-likeness (QED) is 0.428. The summed E-state index contributed by atoms with van der Waals surface area (Å²) in [5.41, 5.74) is 2.00. The van der Waals surface area contributed by atoms with Gasteiger partial charge in [-0.1, -0.05) is 68.7 Å². The summed E-state index contributed by atoms with van der Waals surface area (Å²) in [5.74, 6) is 5.27. The van der Waals surface area contributed by atoms with Gasteiger partial charge in [-0.15, -0.1) is 0 Å². The van der Waals surface area contributed by atoms with Crippen molar-refractivity contribution in [1.82, 2.24) is 0 Å². The second-order valence-corrected chi connectivity index (χ2v) is 11.3. The first-order chi connectivity index (χ1) is 12.8. The Morgan fingerprint density at radius 1 is 0.667 bits per heavy atom. The van der Waals surface area contributed by atoms with Gasteiger partial charge in [0.25, 0.3) is 0 Å². The molecule has 7 unspecified atom stereocenters. The number of hydrogen-bond donors (Lipinski definition) is 0. The van der Waals surface area contributed by atoms with Gasteiger partial charge in [0.1, 0.15) is 0 Å². The van der Waals surface area contributed by atoms with Crippen LogP contribution in [-0.4, -0.2) is 0 Å². The lowest BCUT2D eigenvalue weighted by atomic mass is 9.43. The SMILES string of the molecule is CC.CC.CCC1CCC2C3CCC4CC(C)(C)CCC4(C)C3CCC12C. The minimum atomic E-state index is 0.612. The van der Waals surface area contributed by atoms with Gasteiger partial charge < -0.3 is 0 Å². The molecule has 7 atom stereocenters. The van der Waals surface area contributed by atoms with Crippen LogP contribution in [0.5, 0.6) is 0 Å². The topological polar surface area (TPSA) is 0 Å². The first kappa shape index (κ1) is 23.3. The molecule has 4 fully saturated rings. The van der Waals surface area contributed by atoms with E-state index in [1.165, 1.54) is 32.1 Å². The largest absolute Gasteiger partial charge is 0.0683 e. The van der Waals surface area contributed by atoms with E-state index < -0.39 is 0 Å². The van der Waals surface area contributed by atoms with Crippen molar-refractivity contribution in [3.8, 4) is 0 Å². The van der Waals surface area contributed by atoms with Gasteiger partial charge in [0.15, 0.2) is 0 Å². The molecular formula is C27H52. The fourth-order valence-corrected chi connectivity index (χ4v) is 8.42. The fourth-order valence-electron chi connectivity index (χ4n) is 8.42. The van der Waals surface area contributed by atoms with Crippen molar-refractivity contribution in [2.24, 2.45) is 45.8 Å². The molecule has 0 saturated heterocycles. The Bertz CT molecular complexity index is 463. The second kappa shape index (κ2) is 8.79. The lowest BCUT2D eigenvalue weighted by Crippen LogP contribution is -2.54. The van der Waals surface area contributed by atoms with Crippen LogP contribution < -0.4 is 0 Å². The van der Waals surface area contributed by atoms with E-state index in [1.807, 2.05) is 27.7 Å². The van der Waals surface area contributed by atoms with E-state index >= 15 is 0 Å². The summed E-state index contributed by atoms with van der Waals surface area (Å²) in [4.78, 5) is 0. The van der Waals surface area contributed by atoms with Crippen molar-refractivity contribution in [1.29, 1.82) is 0 Å². The highest BCUT2D eigenvalue weighted by Gasteiger charge is 2.60. The third kappa shape index (κ3) is 3.90. The van der Waals surface area contributed by atoms with E-state index in [4.69, 9.17) is 0 Å². The molecule has 0 nitrogen and oxygen atoms in total. The van der Waals surface area contributed by atoms with Crippen LogP contribution in [0.25, 0.3) is 0 Å². The van der Waals surface area contributed by atoms with Crippen LogP contribution in [0.1, 0.15) is 127 Å². The van der Waals surface area contributed by atoms with E-state index in [-0.39, 0.29) is 0 Å². The van der Waals surface area contributed by atoms with E-state index in [0.29, 0.717) is 16.2 Å². The molecule has 27 heavy (non-hydrogen) atoms. The highest BCUT2D eigenvalue weighted by atomic mass is 14.6. The summed E-state index contributed by atoms with van der Waals surface area (Å²) in [5, 5.41) is 0. The minimum absolute atomic E-state index is 0.612. The van der Waals surface area contributed by atoms with E-state index in [2.05, 4.69) is 34.6 Å². The van der Waals surface area contributed by atoms with Crippen LogP contribution in [0, 0.1) is 45.8 Å². The molecular weight excluding hydrogens is 324 g/mol. The summed E-state index contributed by atoms with van der Waals surface area (Å²) in [7, 11) is 0. The zero-order chi connectivity index (χ0) is 20.5. The smallest absolute Gasteiger partial charge is 0.0266 e. The third-order valence-electron chi connectivity index (χ3n) is 9.89. The van der Waals surface area contributed by atoms with Crippen LogP contribution >= 0.6 is 0 Å². The first-order valence-corrected chi connectivity index (χ1v) is 12.8. The Labute approximate surface area is 172 Å². The fraction of sp³-hybridized carbons (Fsp3) is 1.00. The Morgan fingerprint density at radius 2 is 1.30 bits per heavy atom. The monoisotopic (exact) mass is 376 g/mol. The normalized spacial score (nSPS) is 47.2. The van der Waals surface area contributed by atoms with Crippen molar-refractivity contribution < 1.29 is 0 Å². The molecule has 0 spiro atoms. The molecule has 4 aliphatic rings. The van der Waals surface area contributed by atoms with Crippen molar-refractivity contribution in [3.05, 3.63) is 0 Å². The van der Waals surface area contributed by atoms with Crippen LogP contribution in [0.4, 0.5) is 0 Å². The van der Waals surface area contributed by atoms with Crippen molar-refractivity contribution in [3.63, 3.8) is 0 Å². The lowest BCUT2D eigenvalue weighted by Gasteiger charge is -2.62. The van der Waals surface area contributed by atoms with Gasteiger partial charge in [0.2, 0.25) is 0 Å². The summed E-state index contributed by atoms with van der Waals surface area (Å²) in [6.45, 7) is 20.9. The van der Waals surface area contributed by atoms with Crippen LogP contribution in [-0.2, 0) is 0 Å². The Morgan fingerprint density at radius 3 is 1.93 bits per heavy atom. The van der Waals surface area contributed by atoms with Crippen molar-refractivity contribution in [2.45, 2.75) is 127 Å². The Balaban J connectivity index is 0.000000614. The molecule has 0 amide bonds. The van der Waals surface area contributed by atoms with Gasteiger partial charge >= 0.3 is 0 Å². The molecule has 0 aliphatic heterocycles. The summed E-state index contributed by atoms with van der Waals surface area (Å²) in [6.07, 6.45) is 15.2. The average molecular weight is 377 g/mol. The van der Waals surface area contributed by atoms with Crippen LogP contribution in [0.2, 0.25) is 0 Å². The molecule has 160 valence electrons. The Hall–Kier alpha value is 0. The molecule has 0 heterocycles. The molecule has 0 aromatic rings. The van der Waals surface area contributed by atoms with Gasteiger partial charge in [0.05, 0.1) is 0 Å². The predicted molar refractivity (Wildman–Crippen MR) is 122 cm³/mol. The van der Waals surface area contributed by atoms with E-state index in [1.54, 1.807) is 32.1 Å². The zero-order valence-corrected chi connectivity index (χ0v) is 20.5. The third-order valence-corrected chi connectivity index (χ3v) is 9.89. The second-order valence-electron chi connectivity index (χ2n) is 11.3. The van der Waals surface area contributed by atoms with Gasteiger partial charge in [0, 0.05) is 0 Å². The molecule has 4 saturated carbocycles. The van der Waals surface area contributed by atoms with E-state index in [9.17, 15) is 0 Å². The highest BCUT2D eigenvalue weighted by Crippen LogP contribution is 2.68. The van der Waals surface area contributed by atoms with Crippen LogP contribution in [0.15, 0.2) is 0 Å². The van der Waals surface area contributed by atoms with Crippen molar-refractivity contribution in [2.75, 3.05) is 0 Å². The maximum atomic E-state index is 2.72. The number of rotatable bonds is 1. The molecule has 0 aromatic heterocycles. The molecule has 0 radical (unpaired) electrons. The predicted octanol–water partition coefficient (Wildman–Crippen LogP) is 9.13. The van der Waals surface area contributed by atoms with E-state index in [0.717, 1.165) is 29.6 Å². The zero-order valence-electron chi connectivity index (χ0n) is 20.5. The summed E-state index contributed by atoms with van der Waals surface area (Å²) in [6, 6.07) is 0. The molecule has 0 bridgehead atoms.